The molecule has 0 radical (unpaired) electrons. The fourth-order valence-corrected chi connectivity index (χ4v) is 2.02. The first-order valence-electron chi connectivity index (χ1n) is 9.25. The Bertz CT molecular complexity index is 1040. The molecular formula is C14H3F27O4. The zero-order valence-corrected chi connectivity index (χ0v) is 19.1. The van der Waals surface area contributed by atoms with Crippen molar-refractivity contribution >= 4 is 0 Å². The largest absolute Gasteiger partial charge is 0.483 e. The monoisotopic (exact) mass is 748 g/mol. The second-order valence-corrected chi connectivity index (χ2v) is 7.64. The molecule has 1 N–H and O–H groups in total. The van der Waals surface area contributed by atoms with Gasteiger partial charge in [0.05, 0.1) is 0 Å². The van der Waals surface area contributed by atoms with Gasteiger partial charge in [0, 0.05) is 0 Å². The smallest absolute Gasteiger partial charge is 0.390 e. The van der Waals surface area contributed by atoms with Gasteiger partial charge < -0.3 is 5.11 Å². The van der Waals surface area contributed by atoms with E-state index in [1.165, 1.54) is 4.74 Å². The van der Waals surface area contributed by atoms with E-state index in [4.69, 9.17) is 5.11 Å². The molecule has 0 aromatic rings. The van der Waals surface area contributed by atoms with Crippen molar-refractivity contribution in [3.8, 4) is 0 Å². The Morgan fingerprint density at radius 2 is 0.622 bits per heavy atom. The molecule has 4 nitrogen and oxygen atoms in total. The molecule has 31 heteroatoms. The fourth-order valence-electron chi connectivity index (χ4n) is 2.02. The lowest BCUT2D eigenvalue weighted by Crippen LogP contribution is -2.72. The van der Waals surface area contributed by atoms with Gasteiger partial charge in [-0.2, -0.15) is 114 Å². The summed E-state index contributed by atoms with van der Waals surface area (Å²) in [6, 6.07) is -8.66. The molecule has 0 heterocycles. The Morgan fingerprint density at radius 3 is 0.911 bits per heavy atom. The summed E-state index contributed by atoms with van der Waals surface area (Å²) in [5.74, 6) is -50.7. The van der Waals surface area contributed by atoms with E-state index in [1.807, 2.05) is 0 Å². The van der Waals surface area contributed by atoms with E-state index in [9.17, 15) is 119 Å². The highest BCUT2D eigenvalue weighted by Crippen LogP contribution is 2.60. The summed E-state index contributed by atoms with van der Waals surface area (Å²) < 4.78 is 355. The molecule has 0 aliphatic carbocycles. The normalized spacial score (nSPS) is 18.9. The Morgan fingerprint density at radius 1 is 0.311 bits per heavy atom. The van der Waals surface area contributed by atoms with Crippen LogP contribution in [0.5, 0.6) is 0 Å². The Labute approximate surface area is 224 Å². The molecule has 0 aliphatic rings. The Kier molecular flexibility index (Phi) is 10.5. The average Bonchev–Trinajstić information content (AvgIpc) is 2.74. The van der Waals surface area contributed by atoms with Gasteiger partial charge in [0.25, 0.3) is 0 Å². The maximum atomic E-state index is 14.4. The first kappa shape index (κ1) is 43.0. The number of alkyl halides is 27. The molecule has 0 aliphatic heterocycles. The third-order valence-electron chi connectivity index (χ3n) is 4.42. The number of aliphatic hydroxyl groups is 1. The summed E-state index contributed by atoms with van der Waals surface area (Å²) in [5, 5.41) is 8.30. The zero-order chi connectivity index (χ0) is 37.3. The summed E-state index contributed by atoms with van der Waals surface area (Å²) in [4.78, 5) is 0. The van der Waals surface area contributed by atoms with Crippen LogP contribution in [-0.2, 0) is 14.2 Å². The van der Waals surface area contributed by atoms with E-state index < -0.39 is 85.0 Å². The minimum atomic E-state index is -8.75. The van der Waals surface area contributed by atoms with Crippen molar-refractivity contribution < 1.29 is 138 Å². The van der Waals surface area contributed by atoms with E-state index in [-0.39, 0.29) is 0 Å². The molecule has 2 unspecified atom stereocenters. The molecule has 0 aromatic heterocycles. The zero-order valence-electron chi connectivity index (χ0n) is 19.1. The SMILES string of the molecule is OCC(F)(OC(F)(F)C(F)(OC(F)(F)C(F)(F)F)OC(F)(F)C(F)(F)C(F)(F)C(F)(F)F)C(F)(F)C(F)(F)C(F)(F)C(F)(F)F. The first-order valence-corrected chi connectivity index (χ1v) is 9.25. The molecule has 272 valence electrons. The van der Waals surface area contributed by atoms with Crippen LogP contribution in [0.2, 0.25) is 0 Å². The van der Waals surface area contributed by atoms with Gasteiger partial charge in [0.15, 0.2) is 0 Å². The quantitative estimate of drug-likeness (QED) is 0.154. The molecule has 0 amide bonds. The highest BCUT2D eigenvalue weighted by atomic mass is 19.4. The lowest BCUT2D eigenvalue weighted by atomic mass is 9.97. The standard InChI is InChI=1S/C14H3F27O4/c15-2(1-42,3(16,17)4(18,19)5(20,21)8(26,27)28)43-13(39,40)14(41,45-12(37,38)10(32,33)34)44-11(35,36)7(24,25)6(22,23)9(29,30)31/h42H,1H2. The van der Waals surface area contributed by atoms with Gasteiger partial charge >= 0.3 is 78.4 Å². The number of halogens is 27. The van der Waals surface area contributed by atoms with Gasteiger partial charge in [-0.15, -0.1) is 0 Å². The van der Waals surface area contributed by atoms with Crippen LogP contribution in [0.4, 0.5) is 119 Å². The Hall–Kier alpha value is -2.05. The van der Waals surface area contributed by atoms with Crippen LogP contribution in [0.25, 0.3) is 0 Å². The fraction of sp³-hybridized carbons (Fsp3) is 1.00. The summed E-state index contributed by atoms with van der Waals surface area (Å²) >= 11 is 0. The van der Waals surface area contributed by atoms with Crippen LogP contribution in [-0.4, -0.2) is 90.1 Å². The minimum Gasteiger partial charge on any atom is -0.390 e. The first-order chi connectivity index (χ1) is 18.9. The predicted octanol–water partition coefficient (Wildman–Crippen LogP) is 7.96. The third kappa shape index (κ3) is 6.70. The average molecular weight is 748 g/mol. The van der Waals surface area contributed by atoms with E-state index >= 15 is 0 Å². The maximum Gasteiger partial charge on any atom is 0.483 e. The van der Waals surface area contributed by atoms with Gasteiger partial charge in [-0.25, -0.2) is 13.9 Å². The van der Waals surface area contributed by atoms with Gasteiger partial charge in [-0.3, -0.25) is 4.74 Å². The number of hydrogen-bond acceptors (Lipinski definition) is 4. The van der Waals surface area contributed by atoms with E-state index in [0.29, 0.717) is 0 Å². The van der Waals surface area contributed by atoms with Crippen molar-refractivity contribution in [2.45, 2.75) is 78.4 Å². The van der Waals surface area contributed by atoms with Gasteiger partial charge in [0.1, 0.15) is 6.61 Å². The molecule has 0 spiro atoms. The molecule has 0 aromatic carbocycles. The summed E-state index contributed by atoms with van der Waals surface area (Å²) in [7, 11) is 0. The summed E-state index contributed by atoms with van der Waals surface area (Å²) in [6.07, 6.45) is -49.6. The van der Waals surface area contributed by atoms with E-state index in [2.05, 4.69) is 0 Å². The molecule has 0 rings (SSSR count). The van der Waals surface area contributed by atoms with Gasteiger partial charge in [0.2, 0.25) is 0 Å². The van der Waals surface area contributed by atoms with Crippen molar-refractivity contribution in [2.75, 3.05) is 6.61 Å². The van der Waals surface area contributed by atoms with Crippen LogP contribution in [0.15, 0.2) is 0 Å². The number of rotatable bonds is 13. The van der Waals surface area contributed by atoms with Gasteiger partial charge in [-0.1, -0.05) is 0 Å². The van der Waals surface area contributed by atoms with Crippen molar-refractivity contribution in [1.29, 1.82) is 0 Å². The molecule has 0 bridgehead atoms. The van der Waals surface area contributed by atoms with Crippen LogP contribution < -0.4 is 0 Å². The topological polar surface area (TPSA) is 47.9 Å². The maximum absolute atomic E-state index is 14.4. The van der Waals surface area contributed by atoms with Crippen LogP contribution in [0.3, 0.4) is 0 Å². The highest BCUT2D eigenvalue weighted by molar-refractivity contribution is 5.07. The minimum absolute atomic E-state index is 1.06. The lowest BCUT2D eigenvalue weighted by Gasteiger charge is -2.43. The number of aliphatic hydroxyl groups excluding tert-OH is 1. The van der Waals surface area contributed by atoms with E-state index in [0.717, 1.165) is 9.47 Å². The van der Waals surface area contributed by atoms with Crippen molar-refractivity contribution in [3.63, 3.8) is 0 Å². The highest BCUT2D eigenvalue weighted by Gasteiger charge is 2.90. The molecule has 0 saturated heterocycles. The molecule has 0 fully saturated rings. The Balaban J connectivity index is 7.53. The van der Waals surface area contributed by atoms with Crippen molar-refractivity contribution in [1.82, 2.24) is 0 Å². The molecule has 45 heavy (non-hydrogen) atoms. The van der Waals surface area contributed by atoms with Crippen LogP contribution >= 0.6 is 0 Å². The predicted molar refractivity (Wildman–Crippen MR) is 75.8 cm³/mol. The number of hydrogen-bond donors (Lipinski definition) is 1. The summed E-state index contributed by atoms with van der Waals surface area (Å²) in [6.45, 7) is -4.40. The second kappa shape index (κ2) is 11.0. The third-order valence-corrected chi connectivity index (χ3v) is 4.42. The summed E-state index contributed by atoms with van der Waals surface area (Å²) in [5.41, 5.74) is 0. The molecule has 0 saturated carbocycles. The second-order valence-electron chi connectivity index (χ2n) is 7.64. The molecular weight excluding hydrogens is 745 g/mol. The van der Waals surface area contributed by atoms with Crippen LogP contribution in [0.1, 0.15) is 0 Å². The van der Waals surface area contributed by atoms with Crippen molar-refractivity contribution in [2.24, 2.45) is 0 Å². The van der Waals surface area contributed by atoms with E-state index in [1.54, 1.807) is 0 Å². The van der Waals surface area contributed by atoms with Crippen molar-refractivity contribution in [3.05, 3.63) is 0 Å². The molecule has 2 atom stereocenters. The number of ether oxygens (including phenoxy) is 3. The lowest BCUT2D eigenvalue weighted by molar-refractivity contribution is -0.600. The van der Waals surface area contributed by atoms with Gasteiger partial charge in [-0.05, 0) is 0 Å². The van der Waals surface area contributed by atoms with Crippen LogP contribution in [0, 0.1) is 0 Å².